The molecule has 0 spiro atoms. The summed E-state index contributed by atoms with van der Waals surface area (Å²) in [6, 6.07) is 9.08. The average molecular weight is 219 g/mol. The molecule has 16 heavy (non-hydrogen) atoms. The molecular weight excluding hydrogens is 204 g/mol. The maximum Gasteiger partial charge on any atom is 0.0578 e. The first-order valence-corrected chi connectivity index (χ1v) is 5.54. The average Bonchev–Trinajstić information content (AvgIpc) is 2.59. The van der Waals surface area contributed by atoms with Crippen LogP contribution in [0.4, 0.5) is 0 Å². The minimum Gasteiger partial charge on any atom is -0.549 e. The number of hydrogen-bond donors (Lipinski definition) is 1. The van der Waals surface area contributed by atoms with Crippen LogP contribution in [-0.2, 0) is 10.2 Å². The molecule has 0 unspecified atom stereocenters. The van der Waals surface area contributed by atoms with E-state index in [0.717, 1.165) is 5.56 Å². The number of carboxylic acids is 1. The summed E-state index contributed by atoms with van der Waals surface area (Å²) in [5.74, 6) is -1.39. The van der Waals surface area contributed by atoms with E-state index >= 15 is 0 Å². The molecule has 1 N–H and O–H groups in total. The fourth-order valence-corrected chi connectivity index (χ4v) is 2.73. The SMILES string of the molecule is C[C@H]1[C@@H](O)CC[C@]1(C(=O)[O-])c1ccccc1. The first-order valence-electron chi connectivity index (χ1n) is 5.54. The van der Waals surface area contributed by atoms with E-state index in [1.54, 1.807) is 19.1 Å². The van der Waals surface area contributed by atoms with Gasteiger partial charge in [0.05, 0.1) is 12.1 Å². The van der Waals surface area contributed by atoms with Gasteiger partial charge in [0.15, 0.2) is 0 Å². The summed E-state index contributed by atoms with van der Waals surface area (Å²) >= 11 is 0. The molecule has 1 aromatic carbocycles. The highest BCUT2D eigenvalue weighted by molar-refractivity contribution is 5.80. The summed E-state index contributed by atoms with van der Waals surface area (Å²) in [7, 11) is 0. The highest BCUT2D eigenvalue weighted by atomic mass is 16.4. The topological polar surface area (TPSA) is 60.4 Å². The zero-order chi connectivity index (χ0) is 11.8. The van der Waals surface area contributed by atoms with Crippen LogP contribution >= 0.6 is 0 Å². The number of hydrogen-bond acceptors (Lipinski definition) is 3. The number of carbonyl (C=O) groups excluding carboxylic acids is 1. The lowest BCUT2D eigenvalue weighted by Gasteiger charge is -2.36. The number of carbonyl (C=O) groups is 1. The number of aliphatic hydroxyl groups is 1. The van der Waals surface area contributed by atoms with Crippen LogP contribution in [0.1, 0.15) is 25.3 Å². The molecule has 1 aliphatic carbocycles. The number of carboxylic acid groups (broad SMARTS) is 1. The number of rotatable bonds is 2. The van der Waals surface area contributed by atoms with Crippen LogP contribution in [0.15, 0.2) is 30.3 Å². The molecule has 2 rings (SSSR count). The summed E-state index contributed by atoms with van der Waals surface area (Å²) in [6.07, 6.45) is 0.407. The number of benzene rings is 1. The van der Waals surface area contributed by atoms with Gasteiger partial charge >= 0.3 is 0 Å². The second-order valence-electron chi connectivity index (χ2n) is 4.52. The van der Waals surface area contributed by atoms with Crippen molar-refractivity contribution < 1.29 is 15.0 Å². The highest BCUT2D eigenvalue weighted by Crippen LogP contribution is 2.45. The molecule has 0 radical (unpaired) electrons. The van der Waals surface area contributed by atoms with Gasteiger partial charge in [-0.1, -0.05) is 37.3 Å². The first-order chi connectivity index (χ1) is 7.59. The van der Waals surface area contributed by atoms with Crippen molar-refractivity contribution in [3.8, 4) is 0 Å². The fraction of sp³-hybridized carbons (Fsp3) is 0.462. The molecule has 0 aromatic heterocycles. The summed E-state index contributed by atoms with van der Waals surface area (Å²) < 4.78 is 0. The van der Waals surface area contributed by atoms with E-state index in [1.165, 1.54) is 0 Å². The predicted molar refractivity (Wildman–Crippen MR) is 57.5 cm³/mol. The van der Waals surface area contributed by atoms with Crippen molar-refractivity contribution in [2.24, 2.45) is 5.92 Å². The lowest BCUT2D eigenvalue weighted by atomic mass is 9.72. The van der Waals surface area contributed by atoms with E-state index in [0.29, 0.717) is 12.8 Å². The molecular formula is C13H15O3-. The zero-order valence-corrected chi connectivity index (χ0v) is 9.22. The third-order valence-corrected chi connectivity index (χ3v) is 3.84. The van der Waals surface area contributed by atoms with Gasteiger partial charge in [0.2, 0.25) is 0 Å². The minimum atomic E-state index is -1.08. The Hall–Kier alpha value is -1.35. The van der Waals surface area contributed by atoms with Gasteiger partial charge in [0, 0.05) is 5.41 Å². The molecule has 3 heteroatoms. The van der Waals surface area contributed by atoms with Crippen LogP contribution in [0.25, 0.3) is 0 Å². The van der Waals surface area contributed by atoms with Crippen molar-refractivity contribution in [2.45, 2.75) is 31.3 Å². The van der Waals surface area contributed by atoms with Gasteiger partial charge in [-0.2, -0.15) is 0 Å². The first kappa shape index (κ1) is 11.1. The van der Waals surface area contributed by atoms with Crippen LogP contribution in [0.3, 0.4) is 0 Å². The Bertz CT molecular complexity index is 387. The molecule has 1 saturated carbocycles. The van der Waals surface area contributed by atoms with E-state index in [1.807, 2.05) is 18.2 Å². The van der Waals surface area contributed by atoms with E-state index in [9.17, 15) is 15.0 Å². The van der Waals surface area contributed by atoms with Crippen molar-refractivity contribution in [1.82, 2.24) is 0 Å². The molecule has 3 nitrogen and oxygen atoms in total. The van der Waals surface area contributed by atoms with Crippen LogP contribution in [0.5, 0.6) is 0 Å². The number of aliphatic hydroxyl groups excluding tert-OH is 1. The molecule has 0 amide bonds. The van der Waals surface area contributed by atoms with Gasteiger partial charge in [0.25, 0.3) is 0 Å². The van der Waals surface area contributed by atoms with Crippen LogP contribution in [0.2, 0.25) is 0 Å². The zero-order valence-electron chi connectivity index (χ0n) is 9.22. The standard InChI is InChI=1S/C13H16O3/c1-9-11(14)7-8-13(9,12(15)16)10-5-3-2-4-6-10/h2-6,9,11,14H,7-8H2,1H3,(H,15,16)/p-1/t9-,11-,13+/m0/s1. The summed E-state index contributed by atoms with van der Waals surface area (Å²) in [4.78, 5) is 11.5. The molecule has 1 aromatic rings. The second-order valence-corrected chi connectivity index (χ2v) is 4.52. The number of aliphatic carboxylic acids is 1. The quantitative estimate of drug-likeness (QED) is 0.786. The molecule has 1 aliphatic rings. The van der Waals surface area contributed by atoms with Gasteiger partial charge in [0.1, 0.15) is 0 Å². The Morgan fingerprint density at radius 1 is 1.44 bits per heavy atom. The van der Waals surface area contributed by atoms with E-state index in [-0.39, 0.29) is 5.92 Å². The molecule has 0 aliphatic heterocycles. The Morgan fingerprint density at radius 2 is 2.06 bits per heavy atom. The van der Waals surface area contributed by atoms with Crippen molar-refractivity contribution in [1.29, 1.82) is 0 Å². The normalized spacial score (nSPS) is 33.9. The maximum atomic E-state index is 11.5. The highest BCUT2D eigenvalue weighted by Gasteiger charge is 2.47. The molecule has 86 valence electrons. The van der Waals surface area contributed by atoms with E-state index < -0.39 is 17.5 Å². The van der Waals surface area contributed by atoms with Crippen molar-refractivity contribution in [3.05, 3.63) is 35.9 Å². The predicted octanol–water partition coefficient (Wildman–Crippen LogP) is 0.465. The molecule has 0 saturated heterocycles. The van der Waals surface area contributed by atoms with E-state index in [2.05, 4.69) is 0 Å². The lowest BCUT2D eigenvalue weighted by molar-refractivity contribution is -0.315. The van der Waals surface area contributed by atoms with Crippen molar-refractivity contribution in [3.63, 3.8) is 0 Å². The largest absolute Gasteiger partial charge is 0.549 e. The Morgan fingerprint density at radius 3 is 2.50 bits per heavy atom. The molecule has 1 fully saturated rings. The molecule has 0 heterocycles. The van der Waals surface area contributed by atoms with Crippen LogP contribution < -0.4 is 5.11 Å². The van der Waals surface area contributed by atoms with Crippen LogP contribution in [-0.4, -0.2) is 17.2 Å². The van der Waals surface area contributed by atoms with Gasteiger partial charge in [-0.3, -0.25) is 0 Å². The summed E-state index contributed by atoms with van der Waals surface area (Å²) in [5.41, 5.74) is -0.292. The Balaban J connectivity index is 2.50. The minimum absolute atomic E-state index is 0.306. The summed E-state index contributed by atoms with van der Waals surface area (Å²) in [6.45, 7) is 1.78. The summed E-state index contributed by atoms with van der Waals surface area (Å²) in [5, 5.41) is 21.2. The molecule has 0 bridgehead atoms. The smallest absolute Gasteiger partial charge is 0.0578 e. The third-order valence-electron chi connectivity index (χ3n) is 3.84. The van der Waals surface area contributed by atoms with Gasteiger partial charge < -0.3 is 15.0 Å². The maximum absolute atomic E-state index is 11.5. The van der Waals surface area contributed by atoms with Gasteiger partial charge in [-0.05, 0) is 24.3 Å². The Kier molecular flexibility index (Phi) is 2.72. The van der Waals surface area contributed by atoms with Gasteiger partial charge in [-0.25, -0.2) is 0 Å². The molecule has 3 atom stereocenters. The van der Waals surface area contributed by atoms with Crippen molar-refractivity contribution >= 4 is 5.97 Å². The fourth-order valence-electron chi connectivity index (χ4n) is 2.73. The van der Waals surface area contributed by atoms with Gasteiger partial charge in [-0.15, -0.1) is 0 Å². The second kappa shape index (κ2) is 3.91. The Labute approximate surface area is 94.7 Å². The monoisotopic (exact) mass is 219 g/mol. The third kappa shape index (κ3) is 1.43. The van der Waals surface area contributed by atoms with Crippen molar-refractivity contribution in [2.75, 3.05) is 0 Å². The lowest BCUT2D eigenvalue weighted by Crippen LogP contribution is -2.49. The van der Waals surface area contributed by atoms with E-state index in [4.69, 9.17) is 0 Å². The van der Waals surface area contributed by atoms with Crippen LogP contribution in [0, 0.1) is 5.92 Å².